The van der Waals surface area contributed by atoms with Crippen LogP contribution in [0.5, 0.6) is 0 Å². The zero-order valence-corrected chi connectivity index (χ0v) is 9.93. The van der Waals surface area contributed by atoms with E-state index in [0.717, 1.165) is 0 Å². The summed E-state index contributed by atoms with van der Waals surface area (Å²) < 4.78 is 0. The Morgan fingerprint density at radius 1 is 1.15 bits per heavy atom. The van der Waals surface area contributed by atoms with Gasteiger partial charge in [0.1, 0.15) is 0 Å². The molecule has 0 aliphatic heterocycles. The molecule has 0 amide bonds. The lowest BCUT2D eigenvalue weighted by Gasteiger charge is -2.27. The van der Waals surface area contributed by atoms with Crippen molar-refractivity contribution >= 4 is 0 Å². The maximum Gasteiger partial charge on any atom is 0.00479 e. The summed E-state index contributed by atoms with van der Waals surface area (Å²) in [6.07, 6.45) is 2.50. The maximum absolute atomic E-state index is 3.27. The van der Waals surface area contributed by atoms with E-state index in [0.29, 0.717) is 12.1 Å². The summed E-state index contributed by atoms with van der Waals surface area (Å²) in [6, 6.07) is 1.32. The van der Waals surface area contributed by atoms with Crippen LogP contribution in [-0.2, 0) is 0 Å². The van der Waals surface area contributed by atoms with Gasteiger partial charge >= 0.3 is 0 Å². The third-order valence-electron chi connectivity index (χ3n) is 2.58. The Kier molecular flexibility index (Phi) is 7.29. The number of hydrogen-bond donors (Lipinski definition) is 1. The molecule has 0 spiro atoms. The highest BCUT2D eigenvalue weighted by Gasteiger charge is 2.08. The average molecular weight is 186 g/mol. The molecule has 0 aliphatic carbocycles. The molecule has 0 radical (unpaired) electrons. The van der Waals surface area contributed by atoms with Crippen molar-refractivity contribution in [2.45, 2.75) is 52.6 Å². The molecule has 1 N–H and O–H groups in total. The van der Waals surface area contributed by atoms with E-state index in [2.05, 4.69) is 37.9 Å². The molecule has 2 nitrogen and oxygen atoms in total. The van der Waals surface area contributed by atoms with Gasteiger partial charge in [-0.05, 0) is 53.8 Å². The van der Waals surface area contributed by atoms with Gasteiger partial charge in [-0.3, -0.25) is 0 Å². The number of nitrogens with one attached hydrogen (secondary N) is 1. The van der Waals surface area contributed by atoms with Gasteiger partial charge < -0.3 is 10.2 Å². The SMILES string of the molecule is CCCN(CCC(C)NC)C(C)C. The highest BCUT2D eigenvalue weighted by atomic mass is 15.1. The van der Waals surface area contributed by atoms with Crippen LogP contribution in [0.25, 0.3) is 0 Å². The van der Waals surface area contributed by atoms with Crippen molar-refractivity contribution in [3.05, 3.63) is 0 Å². The third kappa shape index (κ3) is 6.05. The van der Waals surface area contributed by atoms with Gasteiger partial charge in [-0.25, -0.2) is 0 Å². The standard InChI is InChI=1S/C11H26N2/c1-6-8-13(10(2)3)9-7-11(4)12-5/h10-12H,6-9H2,1-5H3. The van der Waals surface area contributed by atoms with E-state index >= 15 is 0 Å². The molecular weight excluding hydrogens is 160 g/mol. The molecule has 0 aromatic carbocycles. The average Bonchev–Trinajstić information content (AvgIpc) is 2.11. The van der Waals surface area contributed by atoms with E-state index in [9.17, 15) is 0 Å². The molecule has 0 aromatic rings. The minimum atomic E-state index is 0.637. The molecule has 0 heterocycles. The quantitative estimate of drug-likeness (QED) is 0.655. The molecule has 0 aromatic heterocycles. The van der Waals surface area contributed by atoms with Crippen LogP contribution in [0.2, 0.25) is 0 Å². The van der Waals surface area contributed by atoms with Gasteiger partial charge in [-0.2, -0.15) is 0 Å². The summed E-state index contributed by atoms with van der Waals surface area (Å²) in [5, 5.41) is 3.27. The fourth-order valence-corrected chi connectivity index (χ4v) is 1.42. The minimum absolute atomic E-state index is 0.637. The van der Waals surface area contributed by atoms with Crippen LogP contribution < -0.4 is 5.32 Å². The number of nitrogens with zero attached hydrogens (tertiary/aromatic N) is 1. The Balaban J connectivity index is 3.68. The van der Waals surface area contributed by atoms with E-state index in [4.69, 9.17) is 0 Å². The Morgan fingerprint density at radius 3 is 2.15 bits per heavy atom. The monoisotopic (exact) mass is 186 g/mol. The van der Waals surface area contributed by atoms with Crippen LogP contribution in [0, 0.1) is 0 Å². The Bertz CT molecular complexity index is 113. The van der Waals surface area contributed by atoms with E-state index in [1.165, 1.54) is 25.9 Å². The predicted molar refractivity (Wildman–Crippen MR) is 60.1 cm³/mol. The van der Waals surface area contributed by atoms with Crippen molar-refractivity contribution in [3.8, 4) is 0 Å². The van der Waals surface area contributed by atoms with Gasteiger partial charge in [0.2, 0.25) is 0 Å². The first kappa shape index (κ1) is 12.9. The van der Waals surface area contributed by atoms with Crippen LogP contribution in [0.3, 0.4) is 0 Å². The Labute approximate surface area is 83.7 Å². The molecule has 1 unspecified atom stereocenters. The second kappa shape index (κ2) is 7.34. The van der Waals surface area contributed by atoms with Crippen molar-refractivity contribution in [3.63, 3.8) is 0 Å². The molecule has 1 atom stereocenters. The molecule has 0 rings (SSSR count). The molecule has 0 saturated heterocycles. The van der Waals surface area contributed by atoms with Gasteiger partial charge in [-0.1, -0.05) is 6.92 Å². The highest BCUT2D eigenvalue weighted by Crippen LogP contribution is 2.02. The first-order valence-electron chi connectivity index (χ1n) is 5.53. The van der Waals surface area contributed by atoms with E-state index < -0.39 is 0 Å². The second-order valence-electron chi connectivity index (χ2n) is 4.11. The summed E-state index contributed by atoms with van der Waals surface area (Å²) in [4.78, 5) is 2.55. The van der Waals surface area contributed by atoms with Crippen LogP contribution in [0.4, 0.5) is 0 Å². The molecule has 13 heavy (non-hydrogen) atoms. The van der Waals surface area contributed by atoms with Crippen molar-refractivity contribution in [1.82, 2.24) is 10.2 Å². The molecule has 0 saturated carbocycles. The lowest BCUT2D eigenvalue weighted by atomic mass is 10.2. The van der Waals surface area contributed by atoms with Crippen molar-refractivity contribution in [2.75, 3.05) is 20.1 Å². The zero-order valence-electron chi connectivity index (χ0n) is 9.93. The van der Waals surface area contributed by atoms with Crippen molar-refractivity contribution in [1.29, 1.82) is 0 Å². The summed E-state index contributed by atoms with van der Waals surface area (Å²) in [6.45, 7) is 11.5. The normalized spacial score (nSPS) is 14.1. The van der Waals surface area contributed by atoms with Crippen LogP contribution in [0.15, 0.2) is 0 Å². The van der Waals surface area contributed by atoms with Gasteiger partial charge in [0, 0.05) is 12.1 Å². The molecule has 80 valence electrons. The Hall–Kier alpha value is -0.0800. The number of hydrogen-bond acceptors (Lipinski definition) is 2. The van der Waals surface area contributed by atoms with Gasteiger partial charge in [0.25, 0.3) is 0 Å². The van der Waals surface area contributed by atoms with Crippen molar-refractivity contribution in [2.24, 2.45) is 0 Å². The lowest BCUT2D eigenvalue weighted by molar-refractivity contribution is 0.212. The smallest absolute Gasteiger partial charge is 0.00479 e. The Morgan fingerprint density at radius 2 is 1.77 bits per heavy atom. The molecular formula is C11H26N2. The topological polar surface area (TPSA) is 15.3 Å². The number of rotatable bonds is 7. The molecule has 0 aliphatic rings. The predicted octanol–water partition coefficient (Wildman–Crippen LogP) is 2.10. The van der Waals surface area contributed by atoms with Gasteiger partial charge in [0.05, 0.1) is 0 Å². The maximum atomic E-state index is 3.27. The van der Waals surface area contributed by atoms with E-state index in [1.54, 1.807) is 0 Å². The van der Waals surface area contributed by atoms with E-state index in [-0.39, 0.29) is 0 Å². The summed E-state index contributed by atoms with van der Waals surface area (Å²) in [7, 11) is 2.03. The fourth-order valence-electron chi connectivity index (χ4n) is 1.42. The largest absolute Gasteiger partial charge is 0.317 e. The van der Waals surface area contributed by atoms with Crippen LogP contribution >= 0.6 is 0 Å². The van der Waals surface area contributed by atoms with Gasteiger partial charge in [-0.15, -0.1) is 0 Å². The fraction of sp³-hybridized carbons (Fsp3) is 1.00. The van der Waals surface area contributed by atoms with Crippen LogP contribution in [0.1, 0.15) is 40.5 Å². The first-order chi connectivity index (χ1) is 6.11. The van der Waals surface area contributed by atoms with Gasteiger partial charge in [0.15, 0.2) is 0 Å². The third-order valence-corrected chi connectivity index (χ3v) is 2.58. The summed E-state index contributed by atoms with van der Waals surface area (Å²) in [5.41, 5.74) is 0. The molecule has 0 fully saturated rings. The molecule has 0 bridgehead atoms. The van der Waals surface area contributed by atoms with E-state index in [1.807, 2.05) is 7.05 Å². The minimum Gasteiger partial charge on any atom is -0.317 e. The first-order valence-corrected chi connectivity index (χ1v) is 5.53. The van der Waals surface area contributed by atoms with Crippen molar-refractivity contribution < 1.29 is 0 Å². The highest BCUT2D eigenvalue weighted by molar-refractivity contribution is 4.66. The summed E-state index contributed by atoms with van der Waals surface area (Å²) in [5.74, 6) is 0. The second-order valence-corrected chi connectivity index (χ2v) is 4.11. The lowest BCUT2D eigenvalue weighted by Crippen LogP contribution is -2.35. The zero-order chi connectivity index (χ0) is 10.3. The molecule has 2 heteroatoms. The van der Waals surface area contributed by atoms with Crippen LogP contribution in [-0.4, -0.2) is 37.1 Å². The summed E-state index contributed by atoms with van der Waals surface area (Å²) >= 11 is 0.